The first-order valence-corrected chi connectivity index (χ1v) is 11.3. The van der Waals surface area contributed by atoms with Crippen LogP contribution in [0.1, 0.15) is 40.5 Å². The second-order valence-corrected chi connectivity index (χ2v) is 8.66. The number of ketones is 1. The molecular weight excluding hydrogens is 473 g/mol. The smallest absolute Gasteiger partial charge is 0.377 e. The molecule has 7 nitrogen and oxygen atoms in total. The summed E-state index contributed by atoms with van der Waals surface area (Å²) < 4.78 is 44.4. The summed E-state index contributed by atoms with van der Waals surface area (Å²) in [5.41, 5.74) is 2.05. The minimum atomic E-state index is -4.55. The van der Waals surface area contributed by atoms with Crippen LogP contribution in [0, 0.1) is 6.92 Å². The van der Waals surface area contributed by atoms with Crippen LogP contribution in [0.5, 0.6) is 0 Å². The third-order valence-electron chi connectivity index (χ3n) is 6.18. The first-order valence-electron chi connectivity index (χ1n) is 11.3. The molecule has 36 heavy (non-hydrogen) atoms. The Morgan fingerprint density at radius 3 is 2.83 bits per heavy atom. The van der Waals surface area contributed by atoms with E-state index in [1.54, 1.807) is 13.0 Å². The Labute approximate surface area is 206 Å². The molecule has 3 heterocycles. The predicted molar refractivity (Wildman–Crippen MR) is 130 cm³/mol. The van der Waals surface area contributed by atoms with E-state index in [1.807, 2.05) is 6.92 Å². The molecule has 1 N–H and O–H groups in total. The molecule has 1 aromatic heterocycles. The van der Waals surface area contributed by atoms with Gasteiger partial charge in [-0.1, -0.05) is 12.6 Å². The third-order valence-corrected chi connectivity index (χ3v) is 6.18. The average molecular weight is 499 g/mol. The van der Waals surface area contributed by atoms with Gasteiger partial charge in [-0.05, 0) is 43.7 Å². The number of allylic oxidation sites excluding steroid dienone is 3. The molecule has 188 valence electrons. The number of nitrogens with zero attached hydrogens (tertiary/aromatic N) is 3. The van der Waals surface area contributed by atoms with Crippen LogP contribution in [-0.2, 0) is 15.7 Å². The van der Waals surface area contributed by atoms with Crippen molar-refractivity contribution < 1.29 is 27.5 Å². The maximum Gasteiger partial charge on any atom is 0.416 e. The van der Waals surface area contributed by atoms with E-state index in [2.05, 4.69) is 26.8 Å². The number of aryl methyl sites for hydroxylation is 1. The highest BCUT2D eigenvalue weighted by atomic mass is 19.4. The second-order valence-electron chi connectivity index (χ2n) is 8.66. The quantitative estimate of drug-likeness (QED) is 0.607. The van der Waals surface area contributed by atoms with Crippen molar-refractivity contribution in [1.29, 1.82) is 0 Å². The Bertz CT molecular complexity index is 1280. The molecule has 0 saturated carbocycles. The lowest BCUT2D eigenvalue weighted by Gasteiger charge is -2.40. The number of rotatable bonds is 5. The van der Waals surface area contributed by atoms with Gasteiger partial charge >= 0.3 is 6.18 Å². The standard InChI is InChI=1S/C26H25F3N4O3/c1-15(12-31-24-17(3)33-7-8-36-14-21(33)11-23(24)34)22-10-20(13-30-16(22)2)32-25(35)18-5-4-6-19(9-18)26(27,28)29/h4-6,9-10,12-13,21H,1,7-8,11,14H2,2-3H3,(H,32,35). The van der Waals surface area contributed by atoms with E-state index in [1.165, 1.54) is 24.5 Å². The van der Waals surface area contributed by atoms with Crippen molar-refractivity contribution in [1.82, 2.24) is 9.88 Å². The number of aromatic nitrogens is 1. The van der Waals surface area contributed by atoms with Crippen molar-refractivity contribution in [3.8, 4) is 0 Å². The molecule has 1 atom stereocenters. The Morgan fingerprint density at radius 2 is 2.08 bits per heavy atom. The van der Waals surface area contributed by atoms with E-state index in [0.29, 0.717) is 48.7 Å². The molecule has 0 bridgehead atoms. The average Bonchev–Trinajstić information content (AvgIpc) is 2.84. The number of fused-ring (bicyclic) bond motifs is 1. The first-order chi connectivity index (χ1) is 17.0. The number of alkyl halides is 3. The minimum absolute atomic E-state index is 0.0250. The summed E-state index contributed by atoms with van der Waals surface area (Å²) in [5.74, 6) is -0.772. The third kappa shape index (κ3) is 5.38. The first kappa shape index (κ1) is 25.3. The van der Waals surface area contributed by atoms with Gasteiger partial charge in [0.25, 0.3) is 5.91 Å². The molecule has 1 aromatic carbocycles. The number of hydrogen-bond donors (Lipinski definition) is 1. The monoisotopic (exact) mass is 498 g/mol. The number of halogens is 3. The van der Waals surface area contributed by atoms with Gasteiger partial charge < -0.3 is 15.0 Å². The second kappa shape index (κ2) is 10.1. The molecule has 0 radical (unpaired) electrons. The fourth-order valence-corrected chi connectivity index (χ4v) is 4.26. The molecule has 2 aliphatic rings. The van der Waals surface area contributed by atoms with Crippen molar-refractivity contribution in [3.63, 3.8) is 0 Å². The van der Waals surface area contributed by atoms with Gasteiger partial charge in [0, 0.05) is 41.7 Å². The molecule has 2 aromatic rings. The van der Waals surface area contributed by atoms with Gasteiger partial charge in [0.1, 0.15) is 5.70 Å². The number of nitrogens with one attached hydrogen (secondary N) is 1. The maximum absolute atomic E-state index is 13.0. The highest BCUT2D eigenvalue weighted by Gasteiger charge is 2.33. The summed E-state index contributed by atoms with van der Waals surface area (Å²) in [6, 6.07) is 5.81. The Hall–Kier alpha value is -3.79. The number of benzene rings is 1. The summed E-state index contributed by atoms with van der Waals surface area (Å²) in [6.07, 6.45) is -1.33. The molecule has 2 aliphatic heterocycles. The number of anilines is 1. The topological polar surface area (TPSA) is 83.9 Å². The van der Waals surface area contributed by atoms with Crippen molar-refractivity contribution in [2.75, 3.05) is 25.1 Å². The van der Waals surface area contributed by atoms with Gasteiger partial charge in [0.05, 0.1) is 36.7 Å². The molecule has 1 fully saturated rings. The summed E-state index contributed by atoms with van der Waals surface area (Å²) in [7, 11) is 0. The number of hydrogen-bond acceptors (Lipinski definition) is 6. The zero-order chi connectivity index (χ0) is 26.0. The zero-order valence-corrected chi connectivity index (χ0v) is 19.9. The van der Waals surface area contributed by atoms with Crippen LogP contribution < -0.4 is 5.32 Å². The number of pyridine rings is 1. The molecular formula is C26H25F3N4O3. The van der Waals surface area contributed by atoms with Crippen LogP contribution >= 0.6 is 0 Å². The number of morpholine rings is 1. The molecule has 1 unspecified atom stereocenters. The summed E-state index contributed by atoms with van der Waals surface area (Å²) >= 11 is 0. The lowest BCUT2D eigenvalue weighted by molar-refractivity contribution is -0.137. The van der Waals surface area contributed by atoms with E-state index in [9.17, 15) is 22.8 Å². The number of Topliss-reactive ketones (excluding diaryl/α,β-unsaturated/α-hetero) is 1. The number of carbonyl (C=O) groups excluding carboxylic acids is 2. The van der Waals surface area contributed by atoms with Crippen LogP contribution in [0.4, 0.5) is 18.9 Å². The Balaban J connectivity index is 1.52. The van der Waals surface area contributed by atoms with E-state index >= 15 is 0 Å². The summed E-state index contributed by atoms with van der Waals surface area (Å²) in [6.45, 7) is 9.44. The van der Waals surface area contributed by atoms with Crippen LogP contribution in [0.15, 0.2) is 59.5 Å². The Kier molecular flexibility index (Phi) is 7.07. The van der Waals surface area contributed by atoms with E-state index < -0.39 is 17.6 Å². The predicted octanol–water partition coefficient (Wildman–Crippen LogP) is 4.65. The summed E-state index contributed by atoms with van der Waals surface area (Å²) in [5, 5.41) is 2.57. The van der Waals surface area contributed by atoms with Crippen molar-refractivity contribution in [2.24, 2.45) is 4.99 Å². The van der Waals surface area contributed by atoms with E-state index in [0.717, 1.165) is 17.8 Å². The van der Waals surface area contributed by atoms with Gasteiger partial charge in [0.2, 0.25) is 0 Å². The fraction of sp³-hybridized carbons (Fsp3) is 0.308. The number of aliphatic imine (C=N–C) groups is 1. The van der Waals surface area contributed by atoms with Gasteiger partial charge in [-0.15, -0.1) is 0 Å². The molecule has 0 spiro atoms. The SMILES string of the molecule is C=C(C=NC1=C(C)N2CCOCC2CC1=O)c1cc(NC(=O)c2cccc(C(F)(F)F)c2)cnc1C. The lowest BCUT2D eigenvalue weighted by atomic mass is 9.99. The molecule has 1 saturated heterocycles. The number of amides is 1. The van der Waals surface area contributed by atoms with Crippen LogP contribution in [0.25, 0.3) is 5.57 Å². The van der Waals surface area contributed by atoms with Crippen LogP contribution in [0.2, 0.25) is 0 Å². The number of carbonyl (C=O) groups is 2. The largest absolute Gasteiger partial charge is 0.416 e. The van der Waals surface area contributed by atoms with Crippen LogP contribution in [0.3, 0.4) is 0 Å². The molecule has 0 aliphatic carbocycles. The number of ether oxygens (including phenoxy) is 1. The Morgan fingerprint density at radius 1 is 1.31 bits per heavy atom. The van der Waals surface area contributed by atoms with Crippen molar-refractivity contribution >= 4 is 29.2 Å². The zero-order valence-electron chi connectivity index (χ0n) is 19.9. The highest BCUT2D eigenvalue weighted by molar-refractivity contribution is 6.12. The lowest BCUT2D eigenvalue weighted by Crippen LogP contribution is -2.48. The van der Waals surface area contributed by atoms with Crippen molar-refractivity contribution in [2.45, 2.75) is 32.5 Å². The van der Waals surface area contributed by atoms with Gasteiger partial charge in [-0.3, -0.25) is 19.6 Å². The van der Waals surface area contributed by atoms with E-state index in [-0.39, 0.29) is 23.1 Å². The van der Waals surface area contributed by atoms with Gasteiger partial charge in [-0.25, -0.2) is 0 Å². The fourth-order valence-electron chi connectivity index (χ4n) is 4.26. The maximum atomic E-state index is 13.0. The highest BCUT2D eigenvalue weighted by Crippen LogP contribution is 2.30. The summed E-state index contributed by atoms with van der Waals surface area (Å²) in [4.78, 5) is 36.1. The minimum Gasteiger partial charge on any atom is -0.377 e. The van der Waals surface area contributed by atoms with Crippen molar-refractivity contribution in [3.05, 3.63) is 76.9 Å². The van der Waals surface area contributed by atoms with Crippen LogP contribution in [-0.4, -0.2) is 53.6 Å². The van der Waals surface area contributed by atoms with Gasteiger partial charge in [-0.2, -0.15) is 13.2 Å². The van der Waals surface area contributed by atoms with E-state index in [4.69, 9.17) is 4.74 Å². The normalized spacial score (nSPS) is 18.4. The molecule has 1 amide bonds. The molecule has 4 rings (SSSR count). The van der Waals surface area contributed by atoms with Gasteiger partial charge in [0.15, 0.2) is 5.78 Å². The molecule has 10 heteroatoms.